The quantitative estimate of drug-likeness (QED) is 0.378. The Morgan fingerprint density at radius 2 is 2.09 bits per heavy atom. The van der Waals surface area contributed by atoms with Crippen molar-refractivity contribution in [2.75, 3.05) is 13.1 Å². The van der Waals surface area contributed by atoms with Gasteiger partial charge >= 0.3 is 0 Å². The Bertz CT molecular complexity index is 1380. The van der Waals surface area contributed by atoms with Crippen LogP contribution >= 0.6 is 34.3 Å². The maximum Gasteiger partial charge on any atom is 0.270 e. The van der Waals surface area contributed by atoms with Crippen LogP contribution in [0.3, 0.4) is 0 Å². The molecule has 0 radical (unpaired) electrons. The van der Waals surface area contributed by atoms with E-state index in [1.165, 1.54) is 39.9 Å². The first kappa shape index (κ1) is 23.1. The number of aromatic nitrogens is 1. The summed E-state index contributed by atoms with van der Waals surface area (Å²) >= 11 is 8.09. The van der Waals surface area contributed by atoms with E-state index >= 15 is 0 Å². The molecule has 4 rings (SSSR count). The van der Waals surface area contributed by atoms with Gasteiger partial charge < -0.3 is 4.57 Å². The molecule has 3 aromatic rings. The monoisotopic (exact) mass is 514 g/mol. The number of aryl methyl sites for hydroxylation is 1. The van der Waals surface area contributed by atoms with Crippen LogP contribution in [0.25, 0.3) is 10.2 Å². The van der Waals surface area contributed by atoms with Crippen LogP contribution in [0.1, 0.15) is 19.8 Å². The van der Waals surface area contributed by atoms with Crippen molar-refractivity contribution in [1.82, 2.24) is 8.87 Å². The lowest BCUT2D eigenvalue weighted by atomic mass is 9.99. The Morgan fingerprint density at radius 1 is 1.31 bits per heavy atom. The fourth-order valence-electron chi connectivity index (χ4n) is 3.68. The van der Waals surface area contributed by atoms with Crippen molar-refractivity contribution >= 4 is 66.1 Å². The number of non-ortho nitro benzene ring substituents is 1. The van der Waals surface area contributed by atoms with Crippen LogP contribution in [-0.4, -0.2) is 41.2 Å². The summed E-state index contributed by atoms with van der Waals surface area (Å²) in [5.74, 6) is -0.948. The summed E-state index contributed by atoms with van der Waals surface area (Å²) in [7, 11) is -3.72. The Balaban J connectivity index is 1.63. The van der Waals surface area contributed by atoms with Crippen LogP contribution in [-0.2, 0) is 21.4 Å². The maximum absolute atomic E-state index is 13.0. The molecule has 1 aliphatic rings. The summed E-state index contributed by atoms with van der Waals surface area (Å²) < 4.78 is 30.2. The van der Waals surface area contributed by atoms with Gasteiger partial charge in [-0.3, -0.25) is 14.9 Å². The van der Waals surface area contributed by atoms with Crippen LogP contribution < -0.4 is 4.80 Å². The molecule has 1 saturated heterocycles. The molecule has 1 fully saturated rings. The summed E-state index contributed by atoms with van der Waals surface area (Å²) in [6, 6.07) is 7.55. The number of thiazole rings is 1. The first-order valence-electron chi connectivity index (χ1n) is 9.82. The number of halogens is 1. The fraction of sp³-hybridized carbons (Fsp3) is 0.368. The predicted molar refractivity (Wildman–Crippen MR) is 124 cm³/mol. The number of hydrogen-bond acceptors (Lipinski definition) is 7. The minimum atomic E-state index is -3.72. The lowest BCUT2D eigenvalue weighted by Gasteiger charge is -2.29. The van der Waals surface area contributed by atoms with Crippen LogP contribution in [0.5, 0.6) is 0 Å². The molecule has 1 amide bonds. The Morgan fingerprint density at radius 3 is 2.75 bits per heavy atom. The second-order valence-corrected chi connectivity index (χ2v) is 12.1. The number of nitro groups is 1. The highest BCUT2D eigenvalue weighted by Crippen LogP contribution is 2.31. The minimum Gasteiger partial charge on any atom is -0.317 e. The van der Waals surface area contributed by atoms with Gasteiger partial charge in [0.2, 0.25) is 0 Å². The summed E-state index contributed by atoms with van der Waals surface area (Å²) in [6.45, 7) is 2.83. The van der Waals surface area contributed by atoms with Crippen molar-refractivity contribution < 1.29 is 18.1 Å². The van der Waals surface area contributed by atoms with Gasteiger partial charge in [-0.05, 0) is 38.0 Å². The lowest BCUT2D eigenvalue weighted by molar-refractivity contribution is -0.384. The van der Waals surface area contributed by atoms with Gasteiger partial charge in [0, 0.05) is 31.8 Å². The van der Waals surface area contributed by atoms with Crippen LogP contribution in [0.2, 0.25) is 4.34 Å². The Hall–Kier alpha value is -2.12. The standard InChI is InChI=1S/C19H19ClN4O5S3/c1-2-23-14-6-5-13(24(26)27)10-15(14)30-19(23)21-18(25)12-4-3-9-22(11-12)32(28,29)17-8-7-16(20)31-17/h5-8,10,12H,2-4,9,11H2,1H3. The molecule has 3 heterocycles. The molecule has 1 aromatic carbocycles. The van der Waals surface area contributed by atoms with E-state index in [4.69, 9.17) is 11.6 Å². The smallest absolute Gasteiger partial charge is 0.270 e. The van der Waals surface area contributed by atoms with E-state index in [-0.39, 0.29) is 16.4 Å². The SMILES string of the molecule is CCn1c(=NC(=O)C2CCCN(S(=O)(=O)c3ccc(Cl)s3)C2)sc2cc([N+](=O)[O-])ccc21. The van der Waals surface area contributed by atoms with Gasteiger partial charge in [-0.15, -0.1) is 11.3 Å². The van der Waals surface area contributed by atoms with Gasteiger partial charge in [-0.25, -0.2) is 8.42 Å². The van der Waals surface area contributed by atoms with Crippen molar-refractivity contribution in [2.45, 2.75) is 30.5 Å². The zero-order valence-corrected chi connectivity index (χ0v) is 20.1. The molecule has 1 atom stereocenters. The molecular formula is C19H19ClN4O5S3. The van der Waals surface area contributed by atoms with Gasteiger partial charge in [-0.1, -0.05) is 22.9 Å². The zero-order valence-electron chi connectivity index (χ0n) is 16.9. The van der Waals surface area contributed by atoms with Crippen molar-refractivity contribution in [3.8, 4) is 0 Å². The largest absolute Gasteiger partial charge is 0.317 e. The predicted octanol–water partition coefficient (Wildman–Crippen LogP) is 3.87. The molecule has 32 heavy (non-hydrogen) atoms. The summed E-state index contributed by atoms with van der Waals surface area (Å²) in [5.41, 5.74) is 0.735. The van der Waals surface area contributed by atoms with Gasteiger partial charge in [0.1, 0.15) is 4.21 Å². The number of carbonyl (C=O) groups excluding carboxylic acids is 1. The highest BCUT2D eigenvalue weighted by Gasteiger charge is 2.34. The highest BCUT2D eigenvalue weighted by atomic mass is 35.5. The second kappa shape index (κ2) is 9.02. The molecule has 13 heteroatoms. The van der Waals surface area contributed by atoms with Crippen molar-refractivity contribution in [1.29, 1.82) is 0 Å². The van der Waals surface area contributed by atoms with Crippen molar-refractivity contribution in [3.05, 3.63) is 49.6 Å². The number of nitro benzene ring substituents is 1. The molecule has 0 N–H and O–H groups in total. The number of rotatable bonds is 5. The third-order valence-electron chi connectivity index (χ3n) is 5.28. The normalized spacial score (nSPS) is 18.3. The van der Waals surface area contributed by atoms with Crippen molar-refractivity contribution in [2.24, 2.45) is 10.9 Å². The zero-order chi connectivity index (χ0) is 23.0. The number of piperidine rings is 1. The third-order valence-corrected chi connectivity index (χ3v) is 9.88. The number of thiophene rings is 1. The van der Waals surface area contributed by atoms with E-state index in [2.05, 4.69) is 4.99 Å². The number of carbonyl (C=O) groups is 1. The number of benzene rings is 1. The summed E-state index contributed by atoms with van der Waals surface area (Å²) in [6.07, 6.45) is 1.10. The second-order valence-electron chi connectivity index (χ2n) is 7.25. The van der Waals surface area contributed by atoms with Crippen LogP contribution in [0.15, 0.2) is 39.5 Å². The highest BCUT2D eigenvalue weighted by molar-refractivity contribution is 7.91. The number of fused-ring (bicyclic) bond motifs is 1. The fourth-order valence-corrected chi connectivity index (χ4v) is 7.97. The summed E-state index contributed by atoms with van der Waals surface area (Å²) in [4.78, 5) is 28.3. The van der Waals surface area contributed by atoms with Gasteiger partial charge in [-0.2, -0.15) is 9.30 Å². The minimum absolute atomic E-state index is 0.0262. The van der Waals surface area contributed by atoms with Gasteiger partial charge in [0.05, 0.1) is 25.4 Å². The molecule has 2 aromatic heterocycles. The van der Waals surface area contributed by atoms with Gasteiger partial charge in [0.15, 0.2) is 4.80 Å². The molecule has 1 aliphatic heterocycles. The Labute approximate surface area is 196 Å². The molecule has 0 aliphatic carbocycles. The van der Waals surface area contributed by atoms with E-state index in [9.17, 15) is 23.3 Å². The molecule has 0 bridgehead atoms. The first-order chi connectivity index (χ1) is 15.2. The van der Waals surface area contributed by atoms with E-state index in [0.717, 1.165) is 16.9 Å². The lowest BCUT2D eigenvalue weighted by Crippen LogP contribution is -2.42. The molecular weight excluding hydrogens is 496 g/mol. The molecule has 0 saturated carbocycles. The third kappa shape index (κ3) is 4.37. The summed E-state index contributed by atoms with van der Waals surface area (Å²) in [5, 5.41) is 11.1. The molecule has 170 valence electrons. The Kier molecular flexibility index (Phi) is 6.50. The van der Waals surface area contributed by atoms with Crippen molar-refractivity contribution in [3.63, 3.8) is 0 Å². The average molecular weight is 515 g/mol. The molecule has 1 unspecified atom stereocenters. The van der Waals surface area contributed by atoms with Gasteiger partial charge in [0.25, 0.3) is 21.6 Å². The average Bonchev–Trinajstić information content (AvgIpc) is 3.36. The molecule has 0 spiro atoms. The van der Waals surface area contributed by atoms with E-state index in [0.29, 0.717) is 39.8 Å². The number of amides is 1. The van der Waals surface area contributed by atoms with E-state index in [1.54, 1.807) is 6.07 Å². The van der Waals surface area contributed by atoms with E-state index in [1.807, 2.05) is 11.5 Å². The van der Waals surface area contributed by atoms with Crippen LogP contribution in [0.4, 0.5) is 5.69 Å². The van der Waals surface area contributed by atoms with E-state index < -0.39 is 26.8 Å². The first-order valence-corrected chi connectivity index (χ1v) is 13.3. The van der Waals surface area contributed by atoms with Crippen LogP contribution in [0, 0.1) is 16.0 Å². The number of nitrogens with zero attached hydrogens (tertiary/aromatic N) is 4. The maximum atomic E-state index is 13.0. The number of hydrogen-bond donors (Lipinski definition) is 0. The number of sulfonamides is 1. The topological polar surface area (TPSA) is 115 Å². The molecule has 9 nitrogen and oxygen atoms in total.